The van der Waals surface area contributed by atoms with Gasteiger partial charge in [0.05, 0.1) is 11.2 Å². The fraction of sp³-hybridized carbons (Fsp3) is 0.0755. The number of benzene rings is 6. The standard InChI is InChI=1S/C53H37F2N3/c1-31-24-47(34-12-17-42(54)18-13-34)51-32(2)50-46-21-16-36(39-25-40(37-8-6-22-56-29-37)27-41(26-39)38-9-7-23-57-30-38)28-48(46)58-53(35-14-19-43(55)20-15-35)52(50)33(3)49(51)45-11-5-4-10-44(31)45/h4-31H,1-3H3. The lowest BCUT2D eigenvalue weighted by Crippen LogP contribution is -2.03. The van der Waals surface area contributed by atoms with Gasteiger partial charge in [-0.25, -0.2) is 13.8 Å². The summed E-state index contributed by atoms with van der Waals surface area (Å²) in [7, 11) is 0. The van der Waals surface area contributed by atoms with Crippen LogP contribution in [0.5, 0.6) is 0 Å². The predicted octanol–water partition coefficient (Wildman–Crippen LogP) is 14.0. The van der Waals surface area contributed by atoms with E-state index >= 15 is 0 Å². The Kier molecular flexibility index (Phi) is 8.60. The van der Waals surface area contributed by atoms with Crippen LogP contribution >= 0.6 is 0 Å². The smallest absolute Gasteiger partial charge is 0.123 e. The summed E-state index contributed by atoms with van der Waals surface area (Å²) < 4.78 is 28.9. The number of rotatable bonds is 5. The summed E-state index contributed by atoms with van der Waals surface area (Å²) >= 11 is 0. The highest BCUT2D eigenvalue weighted by molar-refractivity contribution is 6.18. The second kappa shape index (κ2) is 14.1. The molecular weight excluding hydrogens is 717 g/mol. The van der Waals surface area contributed by atoms with Crippen LogP contribution in [0.15, 0.2) is 164 Å². The van der Waals surface area contributed by atoms with Crippen LogP contribution in [0.25, 0.3) is 83.0 Å². The zero-order chi connectivity index (χ0) is 39.5. The number of aryl methyl sites for hydroxylation is 2. The van der Waals surface area contributed by atoms with E-state index in [1.807, 2.05) is 48.8 Å². The molecule has 0 fully saturated rings. The number of allylic oxidation sites excluding steroid dienone is 1. The zero-order valence-corrected chi connectivity index (χ0v) is 32.3. The zero-order valence-electron chi connectivity index (χ0n) is 32.3. The first-order valence-electron chi connectivity index (χ1n) is 19.5. The molecule has 5 heteroatoms. The van der Waals surface area contributed by atoms with Crippen LogP contribution in [0.1, 0.15) is 40.7 Å². The number of hydrogen-bond donors (Lipinski definition) is 0. The number of aromatic nitrogens is 3. The summed E-state index contributed by atoms with van der Waals surface area (Å²) in [4.78, 5) is 14.3. The summed E-state index contributed by atoms with van der Waals surface area (Å²) in [6.07, 6.45) is 9.67. The largest absolute Gasteiger partial charge is 0.264 e. The second-order valence-electron chi connectivity index (χ2n) is 15.2. The van der Waals surface area contributed by atoms with Crippen molar-refractivity contribution in [2.45, 2.75) is 26.7 Å². The Morgan fingerprint density at radius 1 is 0.500 bits per heavy atom. The van der Waals surface area contributed by atoms with Gasteiger partial charge in [0.2, 0.25) is 0 Å². The van der Waals surface area contributed by atoms with Crippen LogP contribution in [-0.2, 0) is 0 Å². The van der Waals surface area contributed by atoms with Crippen molar-refractivity contribution >= 4 is 27.2 Å². The molecule has 0 saturated carbocycles. The van der Waals surface area contributed by atoms with Crippen molar-refractivity contribution in [3.8, 4) is 55.8 Å². The number of nitrogens with zero attached hydrogens (tertiary/aromatic N) is 3. The van der Waals surface area contributed by atoms with Gasteiger partial charge in [-0.1, -0.05) is 73.7 Å². The maximum atomic E-state index is 14.5. The van der Waals surface area contributed by atoms with E-state index in [0.717, 1.165) is 99.7 Å². The van der Waals surface area contributed by atoms with Crippen LogP contribution in [0, 0.1) is 25.5 Å². The summed E-state index contributed by atoms with van der Waals surface area (Å²) in [6.45, 7) is 6.62. The predicted molar refractivity (Wildman–Crippen MR) is 233 cm³/mol. The molecule has 58 heavy (non-hydrogen) atoms. The van der Waals surface area contributed by atoms with E-state index < -0.39 is 0 Å². The maximum absolute atomic E-state index is 14.5. The Labute approximate surface area is 336 Å². The maximum Gasteiger partial charge on any atom is 0.123 e. The van der Waals surface area contributed by atoms with Gasteiger partial charge in [-0.3, -0.25) is 9.97 Å². The van der Waals surface area contributed by atoms with Gasteiger partial charge < -0.3 is 0 Å². The number of fused-ring (bicyclic) bond motifs is 6. The van der Waals surface area contributed by atoms with Gasteiger partial charge in [-0.05, 0) is 159 Å². The molecule has 9 aromatic rings. The van der Waals surface area contributed by atoms with E-state index in [2.05, 4.69) is 110 Å². The van der Waals surface area contributed by atoms with Crippen molar-refractivity contribution in [1.82, 2.24) is 15.0 Å². The average molecular weight is 754 g/mol. The van der Waals surface area contributed by atoms with Gasteiger partial charge in [0.1, 0.15) is 11.6 Å². The summed E-state index contributed by atoms with van der Waals surface area (Å²) in [5.41, 5.74) is 17.5. The monoisotopic (exact) mass is 753 g/mol. The van der Waals surface area contributed by atoms with Crippen molar-refractivity contribution in [1.29, 1.82) is 0 Å². The summed E-state index contributed by atoms with van der Waals surface area (Å²) in [5.74, 6) is -0.470. The SMILES string of the molecule is Cc1c2c(c(C)c3c1c(-c1ccc(F)cc1)nc1cc(-c4cc(-c5cccnc5)cc(-c5cccnc5)c4)ccc13)C(c1ccc(F)cc1)=CC(C)c1ccccc1-2. The molecule has 0 saturated heterocycles. The van der Waals surface area contributed by atoms with Crippen molar-refractivity contribution < 1.29 is 8.78 Å². The van der Waals surface area contributed by atoms with E-state index in [-0.39, 0.29) is 17.6 Å². The highest BCUT2D eigenvalue weighted by Crippen LogP contribution is 2.50. The third-order valence-corrected chi connectivity index (χ3v) is 11.7. The lowest BCUT2D eigenvalue weighted by molar-refractivity contribution is 0.627. The Hall–Kier alpha value is -7.11. The van der Waals surface area contributed by atoms with E-state index in [1.165, 1.54) is 35.4 Å². The van der Waals surface area contributed by atoms with Gasteiger partial charge in [-0.15, -0.1) is 0 Å². The molecule has 3 nitrogen and oxygen atoms in total. The van der Waals surface area contributed by atoms with E-state index in [1.54, 1.807) is 12.4 Å². The molecule has 1 atom stereocenters. The molecule has 0 spiro atoms. The minimum Gasteiger partial charge on any atom is -0.264 e. The minimum atomic E-state index is -0.298. The molecule has 0 bridgehead atoms. The Morgan fingerprint density at radius 2 is 1.07 bits per heavy atom. The minimum absolute atomic E-state index is 0.0959. The van der Waals surface area contributed by atoms with Crippen LogP contribution in [0.3, 0.4) is 0 Å². The molecule has 0 radical (unpaired) electrons. The Balaban J connectivity index is 1.29. The molecule has 0 N–H and O–H groups in total. The van der Waals surface area contributed by atoms with Gasteiger partial charge in [0.25, 0.3) is 0 Å². The van der Waals surface area contributed by atoms with Crippen molar-refractivity contribution in [3.05, 3.63) is 204 Å². The third kappa shape index (κ3) is 5.98. The quantitative estimate of drug-likeness (QED) is 0.164. The lowest BCUT2D eigenvalue weighted by Gasteiger charge is -2.24. The van der Waals surface area contributed by atoms with Gasteiger partial charge in [0, 0.05) is 58.2 Å². The van der Waals surface area contributed by atoms with Crippen molar-refractivity contribution in [2.75, 3.05) is 0 Å². The highest BCUT2D eigenvalue weighted by Gasteiger charge is 2.29. The molecular formula is C53H37F2N3. The van der Waals surface area contributed by atoms with Crippen LogP contribution in [0.2, 0.25) is 0 Å². The number of hydrogen-bond acceptors (Lipinski definition) is 3. The van der Waals surface area contributed by atoms with E-state index in [4.69, 9.17) is 4.98 Å². The summed E-state index contributed by atoms with van der Waals surface area (Å²) in [5, 5.41) is 3.14. The van der Waals surface area contributed by atoms with Crippen molar-refractivity contribution in [2.24, 2.45) is 0 Å². The first-order chi connectivity index (χ1) is 28.3. The van der Waals surface area contributed by atoms with Crippen LogP contribution in [-0.4, -0.2) is 15.0 Å². The first kappa shape index (κ1) is 35.3. The second-order valence-corrected chi connectivity index (χ2v) is 15.2. The molecule has 1 aliphatic rings. The Bertz CT molecular complexity index is 3020. The highest BCUT2D eigenvalue weighted by atomic mass is 19.1. The topological polar surface area (TPSA) is 38.7 Å². The van der Waals surface area contributed by atoms with E-state index in [0.29, 0.717) is 0 Å². The normalized spacial score (nSPS) is 13.5. The molecule has 1 aliphatic carbocycles. The van der Waals surface area contributed by atoms with Crippen molar-refractivity contribution in [3.63, 3.8) is 0 Å². The molecule has 6 aromatic carbocycles. The van der Waals surface area contributed by atoms with Gasteiger partial charge >= 0.3 is 0 Å². The molecule has 0 aliphatic heterocycles. The molecule has 278 valence electrons. The molecule has 3 heterocycles. The van der Waals surface area contributed by atoms with Crippen LogP contribution in [0.4, 0.5) is 8.78 Å². The van der Waals surface area contributed by atoms with Gasteiger partial charge in [0.15, 0.2) is 0 Å². The van der Waals surface area contributed by atoms with Crippen LogP contribution < -0.4 is 0 Å². The molecule has 1 unspecified atom stereocenters. The lowest BCUT2D eigenvalue weighted by atomic mass is 9.80. The molecule has 0 amide bonds. The fourth-order valence-corrected chi connectivity index (χ4v) is 8.92. The fourth-order valence-electron chi connectivity index (χ4n) is 8.92. The molecule has 10 rings (SSSR count). The number of pyridine rings is 3. The Morgan fingerprint density at radius 3 is 1.69 bits per heavy atom. The average Bonchev–Trinajstić information content (AvgIpc) is 3.40. The van der Waals surface area contributed by atoms with Gasteiger partial charge in [-0.2, -0.15) is 0 Å². The number of halogens is 2. The third-order valence-electron chi connectivity index (χ3n) is 11.7. The summed E-state index contributed by atoms with van der Waals surface area (Å²) in [6, 6.07) is 43.3. The molecule has 3 aromatic heterocycles. The van der Waals surface area contributed by atoms with E-state index in [9.17, 15) is 8.78 Å². The first-order valence-corrected chi connectivity index (χ1v) is 19.5.